The summed E-state index contributed by atoms with van der Waals surface area (Å²) in [5.41, 5.74) is 1.05. The van der Waals surface area contributed by atoms with E-state index in [-0.39, 0.29) is 11.8 Å². The van der Waals surface area contributed by atoms with E-state index in [2.05, 4.69) is 22.5 Å². The van der Waals surface area contributed by atoms with Crippen LogP contribution in [0.3, 0.4) is 0 Å². The lowest BCUT2D eigenvalue weighted by Gasteiger charge is -2.19. The number of amides is 1. The molecule has 1 aromatic heterocycles. The molecule has 0 aliphatic heterocycles. The Morgan fingerprint density at radius 1 is 1.47 bits per heavy atom. The van der Waals surface area contributed by atoms with Gasteiger partial charge in [-0.3, -0.25) is 4.79 Å². The Kier molecular flexibility index (Phi) is 4.55. The Bertz CT molecular complexity index is 468. The number of anilines is 1. The van der Waals surface area contributed by atoms with E-state index in [0.717, 1.165) is 30.6 Å². The van der Waals surface area contributed by atoms with Crippen LogP contribution >= 0.6 is 0 Å². The van der Waals surface area contributed by atoms with Gasteiger partial charge < -0.3 is 10.2 Å². The maximum absolute atomic E-state index is 12.1. The monoisotopic (exact) mass is 259 g/mol. The SMILES string of the molecule is CN(C)c1ncccc1CNC(=O)[C@H]1CC=CCC1. The molecule has 1 atom stereocenters. The summed E-state index contributed by atoms with van der Waals surface area (Å²) in [4.78, 5) is 18.4. The Hall–Kier alpha value is -1.84. The van der Waals surface area contributed by atoms with E-state index in [4.69, 9.17) is 0 Å². The summed E-state index contributed by atoms with van der Waals surface area (Å²) >= 11 is 0. The molecule has 1 aromatic rings. The van der Waals surface area contributed by atoms with Crippen LogP contribution in [0.15, 0.2) is 30.5 Å². The Morgan fingerprint density at radius 2 is 2.32 bits per heavy atom. The highest BCUT2D eigenvalue weighted by Crippen LogP contribution is 2.19. The standard InChI is InChI=1S/C15H21N3O/c1-18(2)14-13(9-6-10-16-14)11-17-15(19)12-7-4-3-5-8-12/h3-4,6,9-10,12H,5,7-8,11H2,1-2H3,(H,17,19)/t12-/m0/s1. The molecule has 1 aliphatic rings. The highest BCUT2D eigenvalue weighted by Gasteiger charge is 2.18. The molecule has 1 aliphatic carbocycles. The highest BCUT2D eigenvalue weighted by molar-refractivity contribution is 5.79. The molecular weight excluding hydrogens is 238 g/mol. The minimum absolute atomic E-state index is 0.129. The topological polar surface area (TPSA) is 45.2 Å². The van der Waals surface area contributed by atoms with Crippen LogP contribution in [0.5, 0.6) is 0 Å². The molecular formula is C15H21N3O. The summed E-state index contributed by atoms with van der Waals surface area (Å²) in [6.45, 7) is 0.542. The molecule has 102 valence electrons. The molecule has 1 amide bonds. The van der Waals surface area contributed by atoms with Crippen LogP contribution in [0.4, 0.5) is 5.82 Å². The van der Waals surface area contributed by atoms with Crippen LogP contribution in [0.25, 0.3) is 0 Å². The van der Waals surface area contributed by atoms with Crippen LogP contribution in [0.2, 0.25) is 0 Å². The molecule has 0 unspecified atom stereocenters. The number of nitrogens with zero attached hydrogens (tertiary/aromatic N) is 2. The second-order valence-electron chi connectivity index (χ2n) is 5.08. The molecule has 2 rings (SSSR count). The smallest absolute Gasteiger partial charge is 0.223 e. The molecule has 0 spiro atoms. The van der Waals surface area contributed by atoms with Crippen molar-refractivity contribution in [3.05, 3.63) is 36.0 Å². The van der Waals surface area contributed by atoms with Crippen molar-refractivity contribution in [2.75, 3.05) is 19.0 Å². The summed E-state index contributed by atoms with van der Waals surface area (Å²) in [5, 5.41) is 3.02. The molecule has 0 saturated heterocycles. The van der Waals surface area contributed by atoms with Gasteiger partial charge in [-0.15, -0.1) is 0 Å². The van der Waals surface area contributed by atoms with Crippen molar-refractivity contribution >= 4 is 11.7 Å². The van der Waals surface area contributed by atoms with E-state index in [0.29, 0.717) is 6.54 Å². The van der Waals surface area contributed by atoms with Gasteiger partial charge in [-0.05, 0) is 25.3 Å². The van der Waals surface area contributed by atoms with Crippen molar-refractivity contribution in [3.63, 3.8) is 0 Å². The molecule has 4 nitrogen and oxygen atoms in total. The summed E-state index contributed by atoms with van der Waals surface area (Å²) in [5.74, 6) is 1.19. The number of aromatic nitrogens is 1. The lowest BCUT2D eigenvalue weighted by molar-refractivity contribution is -0.125. The fourth-order valence-electron chi connectivity index (χ4n) is 2.33. The highest BCUT2D eigenvalue weighted by atomic mass is 16.1. The fourth-order valence-corrected chi connectivity index (χ4v) is 2.33. The third-order valence-electron chi connectivity index (χ3n) is 3.38. The van der Waals surface area contributed by atoms with Gasteiger partial charge in [0.1, 0.15) is 5.82 Å². The predicted molar refractivity (Wildman–Crippen MR) is 76.9 cm³/mol. The normalized spacial score (nSPS) is 18.1. The van der Waals surface area contributed by atoms with Gasteiger partial charge in [0.25, 0.3) is 0 Å². The van der Waals surface area contributed by atoms with Crippen molar-refractivity contribution in [2.24, 2.45) is 5.92 Å². The molecule has 0 aromatic carbocycles. The first kappa shape index (κ1) is 13.6. The third-order valence-corrected chi connectivity index (χ3v) is 3.38. The molecule has 0 radical (unpaired) electrons. The lowest BCUT2D eigenvalue weighted by Crippen LogP contribution is -2.31. The first-order chi connectivity index (χ1) is 9.18. The van der Waals surface area contributed by atoms with Gasteiger partial charge in [-0.2, -0.15) is 0 Å². The molecule has 0 saturated carbocycles. The first-order valence-electron chi connectivity index (χ1n) is 6.72. The largest absolute Gasteiger partial charge is 0.362 e. The maximum Gasteiger partial charge on any atom is 0.223 e. The first-order valence-corrected chi connectivity index (χ1v) is 6.72. The third kappa shape index (κ3) is 3.56. The van der Waals surface area contributed by atoms with Crippen molar-refractivity contribution in [1.82, 2.24) is 10.3 Å². The summed E-state index contributed by atoms with van der Waals surface area (Å²) in [7, 11) is 3.92. The van der Waals surface area contributed by atoms with Gasteiger partial charge in [0.15, 0.2) is 0 Å². The van der Waals surface area contributed by atoms with Crippen molar-refractivity contribution < 1.29 is 4.79 Å². The summed E-state index contributed by atoms with van der Waals surface area (Å²) in [6, 6.07) is 3.90. The molecule has 4 heteroatoms. The summed E-state index contributed by atoms with van der Waals surface area (Å²) < 4.78 is 0. The van der Waals surface area contributed by atoms with E-state index in [1.165, 1.54) is 0 Å². The van der Waals surface area contributed by atoms with E-state index in [9.17, 15) is 4.79 Å². The lowest BCUT2D eigenvalue weighted by atomic mass is 9.93. The van der Waals surface area contributed by atoms with Gasteiger partial charge in [-0.1, -0.05) is 18.2 Å². The van der Waals surface area contributed by atoms with Crippen LogP contribution < -0.4 is 10.2 Å². The van der Waals surface area contributed by atoms with E-state index < -0.39 is 0 Å². The molecule has 19 heavy (non-hydrogen) atoms. The van der Waals surface area contributed by atoms with Gasteiger partial charge in [0.2, 0.25) is 5.91 Å². The summed E-state index contributed by atoms with van der Waals surface area (Å²) in [6.07, 6.45) is 8.84. The van der Waals surface area contributed by atoms with Crippen LogP contribution in [0, 0.1) is 5.92 Å². The zero-order valence-corrected chi connectivity index (χ0v) is 11.6. The molecule has 1 N–H and O–H groups in total. The average molecular weight is 259 g/mol. The number of rotatable bonds is 4. The number of nitrogens with one attached hydrogen (secondary N) is 1. The quantitative estimate of drug-likeness (QED) is 0.842. The number of hydrogen-bond acceptors (Lipinski definition) is 3. The van der Waals surface area contributed by atoms with Crippen molar-refractivity contribution in [1.29, 1.82) is 0 Å². The fraction of sp³-hybridized carbons (Fsp3) is 0.467. The molecule has 1 heterocycles. The average Bonchev–Trinajstić information content (AvgIpc) is 2.46. The Balaban J connectivity index is 1.95. The van der Waals surface area contributed by atoms with Crippen LogP contribution in [-0.2, 0) is 11.3 Å². The van der Waals surface area contributed by atoms with Crippen LogP contribution in [0.1, 0.15) is 24.8 Å². The number of allylic oxidation sites excluding steroid dienone is 2. The number of carbonyl (C=O) groups is 1. The Morgan fingerprint density at radius 3 is 3.00 bits per heavy atom. The van der Waals surface area contributed by atoms with E-state index >= 15 is 0 Å². The van der Waals surface area contributed by atoms with Gasteiger partial charge >= 0.3 is 0 Å². The molecule has 0 fully saturated rings. The van der Waals surface area contributed by atoms with Crippen molar-refractivity contribution in [3.8, 4) is 0 Å². The number of hydrogen-bond donors (Lipinski definition) is 1. The van der Waals surface area contributed by atoms with Gasteiger partial charge in [0, 0.05) is 38.3 Å². The second-order valence-corrected chi connectivity index (χ2v) is 5.08. The van der Waals surface area contributed by atoms with Crippen LogP contribution in [-0.4, -0.2) is 25.0 Å². The molecule has 0 bridgehead atoms. The Labute approximate surface area is 114 Å². The minimum Gasteiger partial charge on any atom is -0.362 e. The zero-order chi connectivity index (χ0) is 13.7. The van der Waals surface area contributed by atoms with E-state index in [1.807, 2.05) is 31.1 Å². The van der Waals surface area contributed by atoms with Gasteiger partial charge in [0.05, 0.1) is 0 Å². The van der Waals surface area contributed by atoms with E-state index in [1.54, 1.807) is 6.20 Å². The second kappa shape index (κ2) is 6.36. The number of carbonyl (C=O) groups excluding carboxylic acids is 1. The number of pyridine rings is 1. The zero-order valence-electron chi connectivity index (χ0n) is 11.6. The predicted octanol–water partition coefficient (Wildman–Crippen LogP) is 2.12. The van der Waals surface area contributed by atoms with Gasteiger partial charge in [-0.25, -0.2) is 4.98 Å². The maximum atomic E-state index is 12.1. The minimum atomic E-state index is 0.129. The van der Waals surface area contributed by atoms with Crippen molar-refractivity contribution in [2.45, 2.75) is 25.8 Å².